The molecule has 0 unspecified atom stereocenters. The average molecular weight is 269 g/mol. The highest BCUT2D eigenvalue weighted by molar-refractivity contribution is 5.76. The van der Waals surface area contributed by atoms with E-state index < -0.39 is 0 Å². The predicted molar refractivity (Wildman–Crippen MR) is 78.8 cm³/mol. The van der Waals surface area contributed by atoms with Crippen LogP contribution in [0.3, 0.4) is 0 Å². The fourth-order valence-electron chi connectivity index (χ4n) is 1.82. The molecule has 0 radical (unpaired) electrons. The zero-order valence-electron chi connectivity index (χ0n) is 11.4. The molecule has 0 spiro atoms. The van der Waals surface area contributed by atoms with Gasteiger partial charge in [-0.05, 0) is 17.2 Å². The van der Waals surface area contributed by atoms with Crippen LogP contribution in [0.5, 0.6) is 0 Å². The van der Waals surface area contributed by atoms with Gasteiger partial charge < -0.3 is 10.6 Å². The fraction of sp³-hybridized carbons (Fsp3) is 0.250. The monoisotopic (exact) mass is 269 g/mol. The van der Waals surface area contributed by atoms with E-state index in [1.54, 1.807) is 12.4 Å². The van der Waals surface area contributed by atoms with Gasteiger partial charge >= 0.3 is 0 Å². The highest BCUT2D eigenvalue weighted by Crippen LogP contribution is 1.97. The van der Waals surface area contributed by atoms with E-state index in [9.17, 15) is 4.79 Å². The largest absolute Gasteiger partial charge is 0.352 e. The highest BCUT2D eigenvalue weighted by Gasteiger charge is 2.01. The van der Waals surface area contributed by atoms with Crippen molar-refractivity contribution in [3.05, 3.63) is 66.0 Å². The standard InChI is InChI=1S/C16H19N3O/c20-16(19-13-15-7-4-9-17-12-15)8-10-18-11-14-5-2-1-3-6-14/h1-7,9,12,18H,8,10-11,13H2,(H,19,20). The zero-order valence-corrected chi connectivity index (χ0v) is 11.4. The van der Waals surface area contributed by atoms with Crippen LogP contribution in [0.2, 0.25) is 0 Å². The Kier molecular flexibility index (Phi) is 5.73. The van der Waals surface area contributed by atoms with Gasteiger partial charge in [-0.1, -0.05) is 36.4 Å². The van der Waals surface area contributed by atoms with Crippen molar-refractivity contribution in [2.24, 2.45) is 0 Å². The van der Waals surface area contributed by atoms with E-state index >= 15 is 0 Å². The van der Waals surface area contributed by atoms with Crippen LogP contribution in [0.4, 0.5) is 0 Å². The molecule has 1 heterocycles. The summed E-state index contributed by atoms with van der Waals surface area (Å²) in [4.78, 5) is 15.7. The Balaban J connectivity index is 1.59. The van der Waals surface area contributed by atoms with Gasteiger partial charge in [0.15, 0.2) is 0 Å². The normalized spacial score (nSPS) is 10.2. The molecule has 20 heavy (non-hydrogen) atoms. The Morgan fingerprint density at radius 1 is 1.00 bits per heavy atom. The van der Waals surface area contributed by atoms with E-state index in [-0.39, 0.29) is 5.91 Å². The van der Waals surface area contributed by atoms with Crippen molar-refractivity contribution in [1.29, 1.82) is 0 Å². The van der Waals surface area contributed by atoms with Gasteiger partial charge in [0, 0.05) is 38.4 Å². The van der Waals surface area contributed by atoms with Gasteiger partial charge in [-0.2, -0.15) is 0 Å². The number of carbonyl (C=O) groups excluding carboxylic acids is 1. The number of nitrogens with zero attached hydrogens (tertiary/aromatic N) is 1. The van der Waals surface area contributed by atoms with Gasteiger partial charge in [0.1, 0.15) is 0 Å². The predicted octanol–water partition coefficient (Wildman–Crippen LogP) is 1.88. The SMILES string of the molecule is O=C(CCNCc1ccccc1)NCc1cccnc1. The molecule has 0 aliphatic heterocycles. The first kappa shape index (κ1) is 14.2. The number of amides is 1. The minimum atomic E-state index is 0.0504. The summed E-state index contributed by atoms with van der Waals surface area (Å²) in [5, 5.41) is 6.14. The minimum Gasteiger partial charge on any atom is -0.352 e. The van der Waals surface area contributed by atoms with E-state index in [2.05, 4.69) is 27.8 Å². The lowest BCUT2D eigenvalue weighted by atomic mass is 10.2. The summed E-state index contributed by atoms with van der Waals surface area (Å²) in [6.07, 6.45) is 3.96. The Hall–Kier alpha value is -2.20. The topological polar surface area (TPSA) is 54.0 Å². The lowest BCUT2D eigenvalue weighted by Crippen LogP contribution is -2.27. The molecule has 2 rings (SSSR count). The van der Waals surface area contributed by atoms with E-state index in [4.69, 9.17) is 0 Å². The number of aromatic nitrogens is 1. The van der Waals surface area contributed by atoms with Gasteiger partial charge in [0.05, 0.1) is 0 Å². The molecule has 0 saturated heterocycles. The highest BCUT2D eigenvalue weighted by atomic mass is 16.1. The Bertz CT molecular complexity index is 514. The summed E-state index contributed by atoms with van der Waals surface area (Å²) >= 11 is 0. The molecule has 1 aromatic carbocycles. The summed E-state index contributed by atoms with van der Waals surface area (Å²) in [6, 6.07) is 14.0. The van der Waals surface area contributed by atoms with Crippen LogP contribution < -0.4 is 10.6 Å². The first-order chi connectivity index (χ1) is 9.84. The minimum absolute atomic E-state index is 0.0504. The van der Waals surface area contributed by atoms with Crippen molar-refractivity contribution >= 4 is 5.91 Å². The fourth-order valence-corrected chi connectivity index (χ4v) is 1.82. The van der Waals surface area contributed by atoms with Gasteiger partial charge in [-0.15, -0.1) is 0 Å². The Morgan fingerprint density at radius 2 is 1.80 bits per heavy atom. The molecule has 1 aromatic heterocycles. The molecule has 0 aliphatic carbocycles. The summed E-state index contributed by atoms with van der Waals surface area (Å²) in [6.45, 7) is 2.00. The van der Waals surface area contributed by atoms with Crippen molar-refractivity contribution in [2.45, 2.75) is 19.5 Å². The first-order valence-electron chi connectivity index (χ1n) is 6.75. The van der Waals surface area contributed by atoms with Crippen molar-refractivity contribution in [2.75, 3.05) is 6.54 Å². The van der Waals surface area contributed by atoms with E-state index in [0.717, 1.165) is 12.1 Å². The quantitative estimate of drug-likeness (QED) is 0.755. The maximum Gasteiger partial charge on any atom is 0.221 e. The average Bonchev–Trinajstić information content (AvgIpc) is 2.52. The number of pyridine rings is 1. The van der Waals surface area contributed by atoms with Crippen molar-refractivity contribution < 1.29 is 4.79 Å². The van der Waals surface area contributed by atoms with Crippen LogP contribution in [0.1, 0.15) is 17.5 Å². The second-order valence-corrected chi connectivity index (χ2v) is 4.55. The third kappa shape index (κ3) is 5.20. The third-order valence-electron chi connectivity index (χ3n) is 2.91. The molecule has 2 aromatic rings. The number of hydrogen-bond acceptors (Lipinski definition) is 3. The summed E-state index contributed by atoms with van der Waals surface area (Å²) in [5.41, 5.74) is 2.24. The molecule has 0 bridgehead atoms. The Morgan fingerprint density at radius 3 is 2.55 bits per heavy atom. The second kappa shape index (κ2) is 8.07. The smallest absolute Gasteiger partial charge is 0.221 e. The summed E-state index contributed by atoms with van der Waals surface area (Å²) in [7, 11) is 0. The molecule has 0 atom stereocenters. The van der Waals surface area contributed by atoms with Gasteiger partial charge in [-0.3, -0.25) is 9.78 Å². The van der Waals surface area contributed by atoms with Crippen LogP contribution in [0.25, 0.3) is 0 Å². The molecule has 2 N–H and O–H groups in total. The van der Waals surface area contributed by atoms with Crippen LogP contribution >= 0.6 is 0 Å². The lowest BCUT2D eigenvalue weighted by molar-refractivity contribution is -0.121. The molecule has 4 nitrogen and oxygen atoms in total. The second-order valence-electron chi connectivity index (χ2n) is 4.55. The van der Waals surface area contributed by atoms with E-state index in [1.807, 2.05) is 30.3 Å². The van der Waals surface area contributed by atoms with Gasteiger partial charge in [-0.25, -0.2) is 0 Å². The van der Waals surface area contributed by atoms with E-state index in [1.165, 1.54) is 5.56 Å². The third-order valence-corrected chi connectivity index (χ3v) is 2.91. The molecule has 0 saturated carbocycles. The maximum atomic E-state index is 11.7. The molecule has 1 amide bonds. The van der Waals surface area contributed by atoms with Gasteiger partial charge in [0.2, 0.25) is 5.91 Å². The maximum absolute atomic E-state index is 11.7. The molecule has 0 aliphatic rings. The lowest BCUT2D eigenvalue weighted by Gasteiger charge is -2.06. The number of rotatable bonds is 7. The Labute approximate surface area is 119 Å². The number of nitrogens with one attached hydrogen (secondary N) is 2. The summed E-state index contributed by atoms with van der Waals surface area (Å²) < 4.78 is 0. The van der Waals surface area contributed by atoms with Gasteiger partial charge in [0.25, 0.3) is 0 Å². The summed E-state index contributed by atoms with van der Waals surface area (Å²) in [5.74, 6) is 0.0504. The zero-order chi connectivity index (χ0) is 14.0. The molecular weight excluding hydrogens is 250 g/mol. The molecular formula is C16H19N3O. The van der Waals surface area contributed by atoms with Crippen LogP contribution in [0, 0.1) is 0 Å². The first-order valence-corrected chi connectivity index (χ1v) is 6.75. The van der Waals surface area contributed by atoms with Crippen LogP contribution in [-0.2, 0) is 17.9 Å². The van der Waals surface area contributed by atoms with Crippen LogP contribution in [-0.4, -0.2) is 17.4 Å². The molecule has 104 valence electrons. The van der Waals surface area contributed by atoms with Crippen molar-refractivity contribution in [3.63, 3.8) is 0 Å². The number of benzene rings is 1. The molecule has 4 heteroatoms. The van der Waals surface area contributed by atoms with Crippen molar-refractivity contribution in [3.8, 4) is 0 Å². The van der Waals surface area contributed by atoms with Crippen LogP contribution in [0.15, 0.2) is 54.9 Å². The number of hydrogen-bond donors (Lipinski definition) is 2. The molecule has 0 fully saturated rings. The van der Waals surface area contributed by atoms with Crippen molar-refractivity contribution in [1.82, 2.24) is 15.6 Å². The number of carbonyl (C=O) groups is 1. The van der Waals surface area contributed by atoms with E-state index in [0.29, 0.717) is 19.5 Å².